The van der Waals surface area contributed by atoms with Crippen LogP contribution in [0.15, 0.2) is 24.8 Å². The van der Waals surface area contributed by atoms with E-state index in [2.05, 4.69) is 41.2 Å². The first kappa shape index (κ1) is 14.5. The first-order valence-electron chi connectivity index (χ1n) is 6.79. The Bertz CT molecular complexity index is 538. The van der Waals surface area contributed by atoms with Crippen LogP contribution in [0, 0.1) is 0 Å². The summed E-state index contributed by atoms with van der Waals surface area (Å²) in [5, 5.41) is 7.85. The molecule has 2 aromatic heterocycles. The number of rotatable bonds is 6. The van der Waals surface area contributed by atoms with Crippen molar-refractivity contribution in [3.8, 4) is 5.75 Å². The molecule has 6 nitrogen and oxygen atoms in total. The smallest absolute Gasteiger partial charge is 0.162 e. The Hall–Kier alpha value is -1.95. The van der Waals surface area contributed by atoms with Crippen molar-refractivity contribution < 1.29 is 4.74 Å². The number of nitrogens with zero attached hydrogens (tertiary/aromatic N) is 4. The molecule has 108 valence electrons. The van der Waals surface area contributed by atoms with Gasteiger partial charge in [0.2, 0.25) is 0 Å². The highest BCUT2D eigenvalue weighted by molar-refractivity contribution is 5.33. The third-order valence-corrected chi connectivity index (χ3v) is 3.07. The Balaban J connectivity index is 2.51. The summed E-state index contributed by atoms with van der Waals surface area (Å²) < 4.78 is 7.41. The molecule has 0 bridgehead atoms. The summed E-state index contributed by atoms with van der Waals surface area (Å²) >= 11 is 0. The van der Waals surface area contributed by atoms with Crippen LogP contribution < -0.4 is 10.1 Å². The lowest BCUT2D eigenvalue weighted by Crippen LogP contribution is -2.27. The normalized spacial score (nSPS) is 12.7. The molecular formula is C14H21N5O. The van der Waals surface area contributed by atoms with Gasteiger partial charge in [0, 0.05) is 18.4 Å². The molecule has 2 aromatic rings. The summed E-state index contributed by atoms with van der Waals surface area (Å²) in [4.78, 5) is 8.56. The van der Waals surface area contributed by atoms with Crippen LogP contribution in [0.4, 0.5) is 0 Å². The minimum atomic E-state index is -0.0893. The molecule has 0 spiro atoms. The SMILES string of the molecule is CCNC(c1cnccn1)c1c(OC)cnn1C(C)C. The predicted molar refractivity (Wildman–Crippen MR) is 76.7 cm³/mol. The van der Waals surface area contributed by atoms with Crippen molar-refractivity contribution in [2.75, 3.05) is 13.7 Å². The van der Waals surface area contributed by atoms with Crippen LogP contribution in [0.2, 0.25) is 0 Å². The van der Waals surface area contributed by atoms with Gasteiger partial charge < -0.3 is 10.1 Å². The van der Waals surface area contributed by atoms with Crippen molar-refractivity contribution >= 4 is 0 Å². The van der Waals surface area contributed by atoms with Gasteiger partial charge in [-0.25, -0.2) is 0 Å². The van der Waals surface area contributed by atoms with Crippen molar-refractivity contribution in [3.05, 3.63) is 36.2 Å². The summed E-state index contributed by atoms with van der Waals surface area (Å²) in [5.41, 5.74) is 1.83. The minimum absolute atomic E-state index is 0.0893. The fourth-order valence-corrected chi connectivity index (χ4v) is 2.20. The molecule has 2 heterocycles. The third-order valence-electron chi connectivity index (χ3n) is 3.07. The van der Waals surface area contributed by atoms with Crippen LogP contribution in [-0.4, -0.2) is 33.4 Å². The fraction of sp³-hybridized carbons (Fsp3) is 0.500. The van der Waals surface area contributed by atoms with E-state index in [-0.39, 0.29) is 12.1 Å². The van der Waals surface area contributed by atoms with E-state index < -0.39 is 0 Å². The Morgan fingerprint density at radius 3 is 2.65 bits per heavy atom. The van der Waals surface area contributed by atoms with Crippen LogP contribution >= 0.6 is 0 Å². The molecule has 0 fully saturated rings. The highest BCUT2D eigenvalue weighted by Gasteiger charge is 2.25. The van der Waals surface area contributed by atoms with Crippen molar-refractivity contribution in [3.63, 3.8) is 0 Å². The maximum atomic E-state index is 5.45. The lowest BCUT2D eigenvalue weighted by Gasteiger charge is -2.21. The zero-order valence-electron chi connectivity index (χ0n) is 12.4. The molecule has 1 atom stereocenters. The molecule has 20 heavy (non-hydrogen) atoms. The maximum Gasteiger partial charge on any atom is 0.162 e. The highest BCUT2D eigenvalue weighted by atomic mass is 16.5. The molecule has 0 aliphatic heterocycles. The van der Waals surface area contributed by atoms with Gasteiger partial charge in [-0.3, -0.25) is 14.6 Å². The Kier molecular flexibility index (Phi) is 4.68. The summed E-state index contributed by atoms with van der Waals surface area (Å²) in [5.74, 6) is 0.760. The number of hydrogen-bond donors (Lipinski definition) is 1. The van der Waals surface area contributed by atoms with Gasteiger partial charge in [0.05, 0.1) is 31.2 Å². The van der Waals surface area contributed by atoms with Crippen molar-refractivity contribution in [1.82, 2.24) is 25.1 Å². The molecule has 0 amide bonds. The largest absolute Gasteiger partial charge is 0.493 e. The van der Waals surface area contributed by atoms with E-state index in [1.54, 1.807) is 31.9 Å². The van der Waals surface area contributed by atoms with E-state index >= 15 is 0 Å². The average Bonchev–Trinajstić information content (AvgIpc) is 2.89. The quantitative estimate of drug-likeness (QED) is 0.873. The van der Waals surface area contributed by atoms with Gasteiger partial charge >= 0.3 is 0 Å². The van der Waals surface area contributed by atoms with Crippen molar-refractivity contribution in [1.29, 1.82) is 0 Å². The second kappa shape index (κ2) is 6.47. The molecule has 0 aliphatic carbocycles. The Morgan fingerprint density at radius 2 is 2.10 bits per heavy atom. The summed E-state index contributed by atoms with van der Waals surface area (Å²) in [7, 11) is 1.66. The minimum Gasteiger partial charge on any atom is -0.493 e. The second-order valence-electron chi connectivity index (χ2n) is 4.76. The van der Waals surface area contributed by atoms with Crippen molar-refractivity contribution in [2.24, 2.45) is 0 Å². The molecule has 0 aromatic carbocycles. The monoisotopic (exact) mass is 275 g/mol. The van der Waals surface area contributed by atoms with Gasteiger partial charge in [-0.05, 0) is 20.4 Å². The van der Waals surface area contributed by atoms with E-state index in [0.717, 1.165) is 23.7 Å². The average molecular weight is 275 g/mol. The zero-order valence-corrected chi connectivity index (χ0v) is 12.4. The first-order valence-corrected chi connectivity index (χ1v) is 6.79. The molecule has 6 heteroatoms. The lowest BCUT2D eigenvalue weighted by atomic mass is 10.1. The predicted octanol–water partition coefficient (Wildman–Crippen LogP) is 1.96. The van der Waals surface area contributed by atoms with E-state index in [9.17, 15) is 0 Å². The zero-order chi connectivity index (χ0) is 14.5. The summed E-state index contributed by atoms with van der Waals surface area (Å²) in [6, 6.07) is 0.153. The Morgan fingerprint density at radius 1 is 1.30 bits per heavy atom. The van der Waals surface area contributed by atoms with Gasteiger partial charge in [0.1, 0.15) is 5.69 Å². The van der Waals surface area contributed by atoms with E-state index in [4.69, 9.17) is 4.74 Å². The first-order chi connectivity index (χ1) is 9.69. The van der Waals surface area contributed by atoms with E-state index in [1.807, 2.05) is 4.68 Å². The maximum absolute atomic E-state index is 5.45. The molecule has 0 saturated carbocycles. The van der Waals surface area contributed by atoms with Crippen LogP contribution in [0.1, 0.15) is 44.2 Å². The van der Waals surface area contributed by atoms with Crippen LogP contribution in [0.5, 0.6) is 5.75 Å². The molecule has 1 unspecified atom stereocenters. The molecule has 0 aliphatic rings. The molecule has 2 rings (SSSR count). The number of hydrogen-bond acceptors (Lipinski definition) is 5. The molecular weight excluding hydrogens is 254 g/mol. The molecule has 1 N–H and O–H groups in total. The Labute approximate surface area is 119 Å². The fourth-order valence-electron chi connectivity index (χ4n) is 2.20. The topological polar surface area (TPSA) is 64.9 Å². The molecule has 0 saturated heterocycles. The number of nitrogens with one attached hydrogen (secondary N) is 1. The van der Waals surface area contributed by atoms with Gasteiger partial charge in [-0.15, -0.1) is 0 Å². The summed E-state index contributed by atoms with van der Waals surface area (Å²) in [6.07, 6.45) is 6.88. The van der Waals surface area contributed by atoms with Gasteiger partial charge in [0.15, 0.2) is 5.75 Å². The van der Waals surface area contributed by atoms with Crippen LogP contribution in [0.25, 0.3) is 0 Å². The van der Waals surface area contributed by atoms with Gasteiger partial charge in [0.25, 0.3) is 0 Å². The highest BCUT2D eigenvalue weighted by Crippen LogP contribution is 2.30. The van der Waals surface area contributed by atoms with Crippen LogP contribution in [0.3, 0.4) is 0 Å². The van der Waals surface area contributed by atoms with Gasteiger partial charge in [-0.1, -0.05) is 6.92 Å². The number of methoxy groups -OCH3 is 1. The number of ether oxygens (including phenoxy) is 1. The standard InChI is InChI=1S/C14H21N5O/c1-5-16-13(11-8-15-6-7-17-11)14-12(20-4)9-18-19(14)10(2)3/h6-10,13,16H,5H2,1-4H3. The van der Waals surface area contributed by atoms with Crippen molar-refractivity contribution in [2.45, 2.75) is 32.9 Å². The van der Waals surface area contributed by atoms with E-state index in [1.165, 1.54) is 0 Å². The van der Waals surface area contributed by atoms with Gasteiger partial charge in [-0.2, -0.15) is 5.10 Å². The summed E-state index contributed by atoms with van der Waals surface area (Å²) in [6.45, 7) is 7.06. The number of aromatic nitrogens is 4. The third kappa shape index (κ3) is 2.80. The lowest BCUT2D eigenvalue weighted by molar-refractivity contribution is 0.393. The van der Waals surface area contributed by atoms with Crippen LogP contribution in [-0.2, 0) is 0 Å². The van der Waals surface area contributed by atoms with E-state index in [0.29, 0.717) is 0 Å². The molecule has 0 radical (unpaired) electrons. The second-order valence-corrected chi connectivity index (χ2v) is 4.76.